The lowest BCUT2D eigenvalue weighted by Crippen LogP contribution is -2.26. The highest BCUT2D eigenvalue weighted by atomic mass is 32.2. The molecule has 0 saturated heterocycles. The Morgan fingerprint density at radius 1 is 1.03 bits per heavy atom. The van der Waals surface area contributed by atoms with Crippen molar-refractivity contribution in [2.75, 3.05) is 0 Å². The van der Waals surface area contributed by atoms with Crippen LogP contribution in [0, 0.1) is 17.0 Å². The second-order valence-electron chi connectivity index (χ2n) is 6.16. The van der Waals surface area contributed by atoms with Crippen molar-refractivity contribution < 1.29 is 32.0 Å². The van der Waals surface area contributed by atoms with Crippen LogP contribution in [0.1, 0.15) is 15.9 Å². The number of rotatable bonds is 4. The van der Waals surface area contributed by atoms with Crippen LogP contribution in [0.4, 0.5) is 5.69 Å². The molecule has 30 heavy (non-hydrogen) atoms. The summed E-state index contributed by atoms with van der Waals surface area (Å²) in [5.74, 6) is -0.409. The highest BCUT2D eigenvalue weighted by Gasteiger charge is 2.12. The first-order chi connectivity index (χ1) is 14.1. The van der Waals surface area contributed by atoms with E-state index in [9.17, 15) is 27.9 Å². The molecule has 0 aliphatic heterocycles. The van der Waals surface area contributed by atoms with Gasteiger partial charge in [0.1, 0.15) is 22.9 Å². The molecule has 0 aliphatic rings. The highest BCUT2D eigenvalue weighted by Crippen LogP contribution is 2.20. The number of carbonyl (C=O) groups excluding carboxylic acids is 1. The van der Waals surface area contributed by atoms with Crippen molar-refractivity contribution in [2.24, 2.45) is 7.05 Å². The number of aryl methyl sites for hydroxylation is 2. The summed E-state index contributed by atoms with van der Waals surface area (Å²) in [5, 5.41) is 10.6. The number of ether oxygens (including phenoxy) is 1. The van der Waals surface area contributed by atoms with Gasteiger partial charge in [0, 0.05) is 18.2 Å². The summed E-state index contributed by atoms with van der Waals surface area (Å²) in [7, 11) is -2.44. The fourth-order valence-corrected chi connectivity index (χ4v) is 2.64. The standard InChI is InChI=1S/C13H11N2O4.C7H8O3S/c1-14-7-5-10(6-8-14)13(16)19-12-4-2-3-11(9-12)15(17)18;1-6-2-4-7(5-3-6)11(8,9)10/h2-9H,1H3;2-5H,1H3,(H,8,9,10)/q+1;/p-1. The molecular weight excluding hydrogens is 412 g/mol. The molecule has 0 fully saturated rings. The number of aromatic nitrogens is 1. The van der Waals surface area contributed by atoms with Crippen molar-refractivity contribution in [1.82, 2.24) is 0 Å². The van der Waals surface area contributed by atoms with Crippen LogP contribution in [-0.4, -0.2) is 23.9 Å². The minimum absolute atomic E-state index is 0.121. The van der Waals surface area contributed by atoms with Gasteiger partial charge in [0.05, 0.1) is 21.4 Å². The fourth-order valence-electron chi connectivity index (χ4n) is 2.17. The van der Waals surface area contributed by atoms with Crippen molar-refractivity contribution in [3.05, 3.63) is 94.3 Å². The minimum Gasteiger partial charge on any atom is -0.744 e. The maximum absolute atomic E-state index is 11.8. The van der Waals surface area contributed by atoms with Gasteiger partial charge in [0.2, 0.25) is 0 Å². The average Bonchev–Trinajstić information content (AvgIpc) is 2.69. The van der Waals surface area contributed by atoms with Crippen molar-refractivity contribution in [3.8, 4) is 5.75 Å². The van der Waals surface area contributed by atoms with Crippen LogP contribution >= 0.6 is 0 Å². The van der Waals surface area contributed by atoms with Crippen LogP contribution in [0.2, 0.25) is 0 Å². The van der Waals surface area contributed by atoms with E-state index in [0.29, 0.717) is 5.56 Å². The molecule has 3 rings (SSSR count). The Balaban J connectivity index is 0.000000248. The Hall–Kier alpha value is -3.63. The summed E-state index contributed by atoms with van der Waals surface area (Å²) < 4.78 is 38.0. The zero-order valence-corrected chi connectivity index (χ0v) is 16.9. The number of non-ortho nitro benzene ring substituents is 1. The van der Waals surface area contributed by atoms with E-state index in [1.807, 2.05) is 14.0 Å². The van der Waals surface area contributed by atoms with Crippen molar-refractivity contribution in [1.29, 1.82) is 0 Å². The molecule has 1 heterocycles. The molecule has 0 atom stereocenters. The zero-order valence-electron chi connectivity index (χ0n) is 16.1. The van der Waals surface area contributed by atoms with Gasteiger partial charge in [-0.15, -0.1) is 0 Å². The maximum Gasteiger partial charge on any atom is 0.343 e. The van der Waals surface area contributed by atoms with Crippen molar-refractivity contribution in [2.45, 2.75) is 11.8 Å². The number of hydrogen-bond acceptors (Lipinski definition) is 7. The molecule has 0 amide bonds. The molecule has 9 nitrogen and oxygen atoms in total. The lowest BCUT2D eigenvalue weighted by molar-refractivity contribution is -0.671. The van der Waals surface area contributed by atoms with E-state index in [1.165, 1.54) is 36.4 Å². The van der Waals surface area contributed by atoms with E-state index < -0.39 is 21.0 Å². The highest BCUT2D eigenvalue weighted by molar-refractivity contribution is 7.85. The second-order valence-corrected chi connectivity index (χ2v) is 7.54. The van der Waals surface area contributed by atoms with Gasteiger partial charge in [-0.25, -0.2) is 17.8 Å². The molecule has 0 unspecified atom stereocenters. The SMILES string of the molecule is C[n+]1ccc(C(=O)Oc2cccc([N+](=O)[O-])c2)cc1.Cc1ccc(S(=O)(=O)[O-])cc1. The number of carbonyl (C=O) groups is 1. The number of benzene rings is 2. The van der Waals surface area contributed by atoms with Crippen LogP contribution < -0.4 is 9.30 Å². The Morgan fingerprint density at radius 2 is 1.63 bits per heavy atom. The third-order valence-electron chi connectivity index (χ3n) is 3.76. The third-order valence-corrected chi connectivity index (χ3v) is 4.61. The van der Waals surface area contributed by atoms with E-state index in [4.69, 9.17) is 4.74 Å². The van der Waals surface area contributed by atoms with E-state index >= 15 is 0 Å². The van der Waals surface area contributed by atoms with Gasteiger partial charge in [-0.1, -0.05) is 23.8 Å². The molecule has 10 heteroatoms. The topological polar surface area (TPSA) is 131 Å². The average molecular weight is 430 g/mol. The number of pyridine rings is 1. The predicted molar refractivity (Wildman–Crippen MR) is 105 cm³/mol. The molecule has 156 valence electrons. The lowest BCUT2D eigenvalue weighted by atomic mass is 10.2. The Bertz CT molecular complexity index is 1140. The first-order valence-corrected chi connectivity index (χ1v) is 9.91. The van der Waals surface area contributed by atoms with Crippen LogP contribution in [0.25, 0.3) is 0 Å². The number of nitrogens with zero attached hydrogens (tertiary/aromatic N) is 2. The summed E-state index contributed by atoms with van der Waals surface area (Å²) >= 11 is 0. The normalized spacial score (nSPS) is 10.5. The van der Waals surface area contributed by atoms with E-state index in [-0.39, 0.29) is 16.3 Å². The Kier molecular flexibility index (Phi) is 7.34. The Labute approximate surface area is 173 Å². The van der Waals surface area contributed by atoms with Gasteiger partial charge in [0.15, 0.2) is 12.4 Å². The fraction of sp³-hybridized carbons (Fsp3) is 0.100. The third kappa shape index (κ3) is 6.76. The smallest absolute Gasteiger partial charge is 0.343 e. The summed E-state index contributed by atoms with van der Waals surface area (Å²) in [6.07, 6.45) is 3.42. The molecule has 0 aliphatic carbocycles. The van der Waals surface area contributed by atoms with Crippen LogP contribution in [-0.2, 0) is 17.2 Å². The molecule has 0 radical (unpaired) electrons. The van der Waals surface area contributed by atoms with Gasteiger partial charge < -0.3 is 9.29 Å². The van der Waals surface area contributed by atoms with Crippen LogP contribution in [0.5, 0.6) is 5.75 Å². The number of hydrogen-bond donors (Lipinski definition) is 0. The quantitative estimate of drug-likeness (QED) is 0.155. The minimum atomic E-state index is -4.27. The van der Waals surface area contributed by atoms with Crippen LogP contribution in [0.3, 0.4) is 0 Å². The van der Waals surface area contributed by atoms with Crippen molar-refractivity contribution >= 4 is 21.8 Å². The largest absolute Gasteiger partial charge is 0.744 e. The van der Waals surface area contributed by atoms with Gasteiger partial charge in [0.25, 0.3) is 5.69 Å². The molecule has 0 N–H and O–H groups in total. The summed E-state index contributed by atoms with van der Waals surface area (Å²) in [6, 6.07) is 14.5. The maximum atomic E-state index is 11.8. The van der Waals surface area contributed by atoms with Gasteiger partial charge in [-0.05, 0) is 25.1 Å². The Morgan fingerprint density at radius 3 is 2.17 bits per heavy atom. The lowest BCUT2D eigenvalue weighted by Gasteiger charge is -2.05. The van der Waals surface area contributed by atoms with Gasteiger partial charge in [-0.3, -0.25) is 10.1 Å². The number of esters is 1. The number of nitro benzene ring substituents is 1. The molecule has 0 bridgehead atoms. The predicted octanol–water partition coefficient (Wildman–Crippen LogP) is 2.54. The van der Waals surface area contributed by atoms with Crippen LogP contribution in [0.15, 0.2) is 78.0 Å². The molecule has 0 spiro atoms. The zero-order chi connectivity index (χ0) is 22.3. The monoisotopic (exact) mass is 430 g/mol. The molecule has 3 aromatic rings. The second kappa shape index (κ2) is 9.72. The molecule has 2 aromatic carbocycles. The molecule has 1 aromatic heterocycles. The van der Waals surface area contributed by atoms with E-state index in [2.05, 4.69) is 0 Å². The van der Waals surface area contributed by atoms with Gasteiger partial charge >= 0.3 is 5.97 Å². The first kappa shape index (κ1) is 22.7. The first-order valence-electron chi connectivity index (χ1n) is 8.51. The van der Waals surface area contributed by atoms with E-state index in [1.54, 1.807) is 41.2 Å². The van der Waals surface area contributed by atoms with E-state index in [0.717, 1.165) is 5.56 Å². The summed E-state index contributed by atoms with van der Waals surface area (Å²) in [4.78, 5) is 21.7. The summed E-state index contributed by atoms with van der Waals surface area (Å²) in [6.45, 7) is 1.82. The van der Waals surface area contributed by atoms with Gasteiger partial charge in [-0.2, -0.15) is 0 Å². The summed E-state index contributed by atoms with van der Waals surface area (Å²) in [5.41, 5.74) is 1.19. The van der Waals surface area contributed by atoms with Crippen molar-refractivity contribution in [3.63, 3.8) is 0 Å². The molecular formula is C20H18N2O7S. The molecule has 0 saturated carbocycles. The number of nitro groups is 1.